The van der Waals surface area contributed by atoms with Crippen molar-refractivity contribution in [3.05, 3.63) is 0 Å². The van der Waals surface area contributed by atoms with E-state index in [1.165, 1.54) is 0 Å². The number of amides is 2. The molecule has 1 saturated heterocycles. The zero-order valence-electron chi connectivity index (χ0n) is 14.0. The summed E-state index contributed by atoms with van der Waals surface area (Å²) in [6, 6.07) is -0.394. The Balaban J connectivity index is 2.63. The number of carbonyl (C=O) groups excluding carboxylic acids is 2. The molecule has 0 aromatic carbocycles. The standard InChI is InChI=1S/C16H30N2O3/c1-6-9-16(5,21)11-17-13(19)12-8-7-10-18(12)14(20)15(2,3)4/h12,21H,6-11H2,1-5H3,(H,17,19). The predicted molar refractivity (Wildman–Crippen MR) is 82.7 cm³/mol. The molecule has 2 N–H and O–H groups in total. The number of nitrogens with zero attached hydrogens (tertiary/aromatic N) is 1. The second kappa shape index (κ2) is 6.77. The van der Waals surface area contributed by atoms with E-state index in [0.717, 1.165) is 12.8 Å². The lowest BCUT2D eigenvalue weighted by atomic mass is 9.94. The Morgan fingerprint density at radius 1 is 1.29 bits per heavy atom. The van der Waals surface area contributed by atoms with Crippen molar-refractivity contribution in [2.45, 2.75) is 71.9 Å². The molecule has 0 aromatic heterocycles. The summed E-state index contributed by atoms with van der Waals surface area (Å²) in [5.41, 5.74) is -1.36. The Morgan fingerprint density at radius 2 is 1.90 bits per heavy atom. The molecule has 0 saturated carbocycles. The summed E-state index contributed by atoms with van der Waals surface area (Å²) in [5.74, 6) is -0.137. The van der Waals surface area contributed by atoms with Gasteiger partial charge in [0.15, 0.2) is 0 Å². The van der Waals surface area contributed by atoms with Crippen LogP contribution in [0.15, 0.2) is 0 Å². The maximum Gasteiger partial charge on any atom is 0.242 e. The van der Waals surface area contributed by atoms with Crippen LogP contribution in [0.1, 0.15) is 60.3 Å². The highest BCUT2D eigenvalue weighted by Crippen LogP contribution is 2.25. The van der Waals surface area contributed by atoms with E-state index in [1.807, 2.05) is 27.7 Å². The number of rotatable bonds is 5. The predicted octanol–water partition coefficient (Wildman–Crippen LogP) is 1.69. The highest BCUT2D eigenvalue weighted by molar-refractivity contribution is 5.90. The third kappa shape index (κ3) is 4.99. The molecule has 21 heavy (non-hydrogen) atoms. The first kappa shape index (κ1) is 18.0. The van der Waals surface area contributed by atoms with Crippen LogP contribution in [-0.2, 0) is 9.59 Å². The van der Waals surface area contributed by atoms with Gasteiger partial charge < -0.3 is 15.3 Å². The van der Waals surface area contributed by atoms with E-state index in [1.54, 1.807) is 11.8 Å². The second-order valence-electron chi connectivity index (χ2n) is 7.37. The fraction of sp³-hybridized carbons (Fsp3) is 0.875. The summed E-state index contributed by atoms with van der Waals surface area (Å²) in [7, 11) is 0. The largest absolute Gasteiger partial charge is 0.388 e. The van der Waals surface area contributed by atoms with Crippen molar-refractivity contribution < 1.29 is 14.7 Å². The Labute approximate surface area is 128 Å². The molecule has 2 unspecified atom stereocenters. The van der Waals surface area contributed by atoms with E-state index in [9.17, 15) is 14.7 Å². The summed E-state index contributed by atoms with van der Waals surface area (Å²) in [6.07, 6.45) is 3.05. The highest BCUT2D eigenvalue weighted by Gasteiger charge is 2.38. The molecule has 0 radical (unpaired) electrons. The molecule has 5 heteroatoms. The van der Waals surface area contributed by atoms with Crippen LogP contribution in [0.5, 0.6) is 0 Å². The van der Waals surface area contributed by atoms with Gasteiger partial charge >= 0.3 is 0 Å². The monoisotopic (exact) mass is 298 g/mol. The van der Waals surface area contributed by atoms with E-state index < -0.39 is 17.1 Å². The molecule has 122 valence electrons. The third-order valence-electron chi connectivity index (χ3n) is 3.89. The minimum Gasteiger partial charge on any atom is -0.388 e. The smallest absolute Gasteiger partial charge is 0.242 e. The quantitative estimate of drug-likeness (QED) is 0.811. The van der Waals surface area contributed by atoms with Crippen molar-refractivity contribution in [1.82, 2.24) is 10.2 Å². The maximum atomic E-state index is 12.4. The van der Waals surface area contributed by atoms with Crippen molar-refractivity contribution >= 4 is 11.8 Å². The molecule has 1 aliphatic heterocycles. The highest BCUT2D eigenvalue weighted by atomic mass is 16.3. The Morgan fingerprint density at radius 3 is 2.43 bits per heavy atom. The fourth-order valence-corrected chi connectivity index (χ4v) is 2.74. The van der Waals surface area contributed by atoms with Crippen molar-refractivity contribution in [1.29, 1.82) is 0 Å². The van der Waals surface area contributed by atoms with Crippen LogP contribution in [0.25, 0.3) is 0 Å². The minimum atomic E-state index is -0.887. The first-order valence-electron chi connectivity index (χ1n) is 7.89. The van der Waals surface area contributed by atoms with E-state index >= 15 is 0 Å². The average molecular weight is 298 g/mol. The van der Waals surface area contributed by atoms with Gasteiger partial charge in [0.1, 0.15) is 6.04 Å². The Bertz CT molecular complexity index is 385. The first-order chi connectivity index (χ1) is 9.58. The van der Waals surface area contributed by atoms with Crippen LogP contribution in [-0.4, -0.2) is 46.6 Å². The van der Waals surface area contributed by atoms with Gasteiger partial charge in [0, 0.05) is 18.5 Å². The summed E-state index contributed by atoms with van der Waals surface area (Å²) in [5, 5.41) is 12.9. The van der Waals surface area contributed by atoms with Crippen LogP contribution in [0.4, 0.5) is 0 Å². The van der Waals surface area contributed by atoms with Crippen LogP contribution in [0.2, 0.25) is 0 Å². The van der Waals surface area contributed by atoms with Gasteiger partial charge in [-0.05, 0) is 26.2 Å². The molecular weight excluding hydrogens is 268 g/mol. The van der Waals surface area contributed by atoms with Gasteiger partial charge in [0.2, 0.25) is 11.8 Å². The molecule has 1 fully saturated rings. The topological polar surface area (TPSA) is 69.6 Å². The van der Waals surface area contributed by atoms with E-state index in [-0.39, 0.29) is 18.4 Å². The van der Waals surface area contributed by atoms with Crippen LogP contribution < -0.4 is 5.32 Å². The molecule has 2 atom stereocenters. The molecule has 0 spiro atoms. The summed E-state index contributed by atoms with van der Waals surface area (Å²) >= 11 is 0. The average Bonchev–Trinajstić information content (AvgIpc) is 2.82. The number of nitrogens with one attached hydrogen (secondary N) is 1. The van der Waals surface area contributed by atoms with Crippen LogP contribution >= 0.6 is 0 Å². The van der Waals surface area contributed by atoms with Crippen molar-refractivity contribution in [2.24, 2.45) is 5.41 Å². The fourth-order valence-electron chi connectivity index (χ4n) is 2.74. The van der Waals surface area contributed by atoms with Crippen LogP contribution in [0, 0.1) is 5.41 Å². The van der Waals surface area contributed by atoms with Gasteiger partial charge in [-0.2, -0.15) is 0 Å². The SMILES string of the molecule is CCCC(C)(O)CNC(=O)C1CCCN1C(=O)C(C)(C)C. The zero-order chi connectivity index (χ0) is 16.3. The molecule has 0 bridgehead atoms. The van der Waals surface area contributed by atoms with Gasteiger partial charge in [-0.3, -0.25) is 9.59 Å². The van der Waals surface area contributed by atoms with Gasteiger partial charge in [0.25, 0.3) is 0 Å². The molecule has 0 aromatic rings. The van der Waals surface area contributed by atoms with E-state index in [0.29, 0.717) is 19.4 Å². The lowest BCUT2D eigenvalue weighted by Gasteiger charge is -2.31. The molecule has 1 heterocycles. The minimum absolute atomic E-state index is 0.0143. The Kier molecular flexibility index (Phi) is 5.79. The first-order valence-corrected chi connectivity index (χ1v) is 7.89. The molecule has 5 nitrogen and oxygen atoms in total. The molecule has 0 aliphatic carbocycles. The lowest BCUT2D eigenvalue weighted by molar-refractivity contribution is -0.144. The Hall–Kier alpha value is -1.10. The molecular formula is C16H30N2O3. The summed E-state index contributed by atoms with van der Waals surface area (Å²) in [6.45, 7) is 10.2. The van der Waals surface area contributed by atoms with Crippen molar-refractivity contribution in [2.75, 3.05) is 13.1 Å². The van der Waals surface area contributed by atoms with Crippen LogP contribution in [0.3, 0.4) is 0 Å². The van der Waals surface area contributed by atoms with E-state index in [4.69, 9.17) is 0 Å². The number of likely N-dealkylation sites (tertiary alicyclic amines) is 1. The maximum absolute atomic E-state index is 12.4. The number of hydrogen-bond acceptors (Lipinski definition) is 3. The molecule has 1 rings (SSSR count). The zero-order valence-corrected chi connectivity index (χ0v) is 14.0. The second-order valence-corrected chi connectivity index (χ2v) is 7.37. The lowest BCUT2D eigenvalue weighted by Crippen LogP contribution is -2.51. The summed E-state index contributed by atoms with van der Waals surface area (Å²) in [4.78, 5) is 26.4. The number of carbonyl (C=O) groups is 2. The van der Waals surface area contributed by atoms with E-state index in [2.05, 4.69) is 5.32 Å². The van der Waals surface area contributed by atoms with Gasteiger partial charge in [-0.25, -0.2) is 0 Å². The molecule has 1 aliphatic rings. The van der Waals surface area contributed by atoms with Gasteiger partial charge in [-0.1, -0.05) is 34.1 Å². The van der Waals surface area contributed by atoms with Crippen molar-refractivity contribution in [3.8, 4) is 0 Å². The summed E-state index contributed by atoms with van der Waals surface area (Å²) < 4.78 is 0. The molecule has 2 amide bonds. The third-order valence-corrected chi connectivity index (χ3v) is 3.89. The number of aliphatic hydroxyl groups is 1. The van der Waals surface area contributed by atoms with Gasteiger partial charge in [0.05, 0.1) is 5.60 Å². The van der Waals surface area contributed by atoms with Gasteiger partial charge in [-0.15, -0.1) is 0 Å². The number of hydrogen-bond donors (Lipinski definition) is 2. The van der Waals surface area contributed by atoms with Crippen molar-refractivity contribution in [3.63, 3.8) is 0 Å². The normalized spacial score (nSPS) is 22.0.